The van der Waals surface area contributed by atoms with Crippen molar-refractivity contribution in [1.29, 1.82) is 0 Å². The molecule has 2 aromatic rings. The van der Waals surface area contributed by atoms with Crippen molar-refractivity contribution in [3.63, 3.8) is 0 Å². The molecule has 8 heteroatoms. The zero-order chi connectivity index (χ0) is 16.5. The Bertz CT molecular complexity index is 835. The number of benzene rings is 1. The van der Waals surface area contributed by atoms with Crippen molar-refractivity contribution in [2.24, 2.45) is 0 Å². The van der Waals surface area contributed by atoms with Gasteiger partial charge in [0.05, 0.1) is 17.0 Å². The molecule has 1 heterocycles. The molecule has 0 unspecified atom stereocenters. The van der Waals surface area contributed by atoms with E-state index in [2.05, 4.69) is 9.72 Å². The van der Waals surface area contributed by atoms with Crippen molar-refractivity contribution in [3.05, 3.63) is 46.9 Å². The monoisotopic (exact) mass is 343 g/mol. The number of aromatic nitrogens is 1. The number of nitrogens with zero attached hydrogens (tertiary/aromatic N) is 1. The first kappa shape index (κ1) is 16.4. The number of esters is 1. The lowest BCUT2D eigenvalue weighted by atomic mass is 10.1. The van der Waals surface area contributed by atoms with Gasteiger partial charge in [0.1, 0.15) is 5.69 Å². The Morgan fingerprint density at radius 2 is 1.86 bits per heavy atom. The molecule has 5 nitrogen and oxygen atoms in total. The van der Waals surface area contributed by atoms with Crippen LogP contribution in [0.4, 0.5) is 4.39 Å². The van der Waals surface area contributed by atoms with Gasteiger partial charge in [-0.25, -0.2) is 22.6 Å². The lowest BCUT2D eigenvalue weighted by Gasteiger charge is -2.08. The van der Waals surface area contributed by atoms with Gasteiger partial charge >= 0.3 is 5.97 Å². The van der Waals surface area contributed by atoms with E-state index in [4.69, 9.17) is 11.6 Å². The topological polar surface area (TPSA) is 73.3 Å². The number of carbonyl (C=O) groups is 1. The van der Waals surface area contributed by atoms with Gasteiger partial charge < -0.3 is 4.74 Å². The van der Waals surface area contributed by atoms with E-state index in [1.165, 1.54) is 24.3 Å². The van der Waals surface area contributed by atoms with Gasteiger partial charge in [-0.3, -0.25) is 0 Å². The third-order valence-electron chi connectivity index (χ3n) is 2.86. The van der Waals surface area contributed by atoms with E-state index < -0.39 is 21.6 Å². The first-order chi connectivity index (χ1) is 10.2. The smallest absolute Gasteiger partial charge is 0.358 e. The number of pyridine rings is 1. The molecule has 0 spiro atoms. The van der Waals surface area contributed by atoms with E-state index in [1.54, 1.807) is 0 Å². The molecule has 0 aliphatic rings. The molecule has 0 aliphatic carbocycles. The summed E-state index contributed by atoms with van der Waals surface area (Å²) < 4.78 is 41.3. The lowest BCUT2D eigenvalue weighted by molar-refractivity contribution is 0.0594. The van der Waals surface area contributed by atoms with Gasteiger partial charge in [0.2, 0.25) is 0 Å². The Hall–Kier alpha value is -1.99. The molecule has 1 aromatic carbocycles. The molecule has 116 valence electrons. The van der Waals surface area contributed by atoms with E-state index in [0.717, 1.165) is 19.4 Å². The molecule has 0 fully saturated rings. The summed E-state index contributed by atoms with van der Waals surface area (Å²) in [6.45, 7) is 0. The van der Waals surface area contributed by atoms with Crippen LogP contribution in [0, 0.1) is 5.82 Å². The van der Waals surface area contributed by atoms with Crippen molar-refractivity contribution in [3.8, 4) is 11.3 Å². The van der Waals surface area contributed by atoms with Gasteiger partial charge in [-0.05, 0) is 18.2 Å². The second-order valence-corrected chi connectivity index (χ2v) is 6.86. The molecular formula is C14H11ClFNO4S. The van der Waals surface area contributed by atoms with Crippen LogP contribution in [-0.2, 0) is 14.6 Å². The van der Waals surface area contributed by atoms with Gasteiger partial charge in [-0.15, -0.1) is 0 Å². The second kappa shape index (κ2) is 6.02. The third-order valence-corrected chi connectivity index (χ3v) is 4.28. The summed E-state index contributed by atoms with van der Waals surface area (Å²) in [5, 5.41) is -0.166. The molecule has 0 aliphatic heterocycles. The summed E-state index contributed by atoms with van der Waals surface area (Å²) in [6.07, 6.45) is 1.07. The summed E-state index contributed by atoms with van der Waals surface area (Å²) in [5.41, 5.74) is -0.0238. The molecule has 0 amide bonds. The molecule has 2 rings (SSSR count). The van der Waals surface area contributed by atoms with Crippen LogP contribution in [0.2, 0.25) is 5.02 Å². The number of hydrogen-bond acceptors (Lipinski definition) is 5. The number of hydrogen-bond donors (Lipinski definition) is 0. The fraction of sp³-hybridized carbons (Fsp3) is 0.143. The van der Waals surface area contributed by atoms with E-state index in [1.807, 2.05) is 0 Å². The summed E-state index contributed by atoms with van der Waals surface area (Å²) >= 11 is 5.77. The highest BCUT2D eigenvalue weighted by molar-refractivity contribution is 7.90. The maximum absolute atomic E-state index is 14.0. The molecule has 0 atom stereocenters. The average molecular weight is 344 g/mol. The van der Waals surface area contributed by atoms with Crippen molar-refractivity contribution < 1.29 is 22.3 Å². The minimum Gasteiger partial charge on any atom is -0.464 e. The zero-order valence-corrected chi connectivity index (χ0v) is 13.2. The quantitative estimate of drug-likeness (QED) is 0.801. The van der Waals surface area contributed by atoms with E-state index >= 15 is 0 Å². The number of ether oxygens (including phenoxy) is 1. The molecule has 0 bridgehead atoms. The Morgan fingerprint density at radius 1 is 1.27 bits per heavy atom. The lowest BCUT2D eigenvalue weighted by Crippen LogP contribution is -2.07. The first-order valence-corrected chi connectivity index (χ1v) is 8.26. The number of rotatable bonds is 3. The van der Waals surface area contributed by atoms with Gasteiger partial charge in [0, 0.05) is 11.8 Å². The fourth-order valence-corrected chi connectivity index (χ4v) is 2.61. The number of sulfone groups is 1. The predicted octanol–water partition coefficient (Wildman–Crippen LogP) is 2.73. The normalized spacial score (nSPS) is 11.3. The number of methoxy groups -OCH3 is 1. The largest absolute Gasteiger partial charge is 0.464 e. The van der Waals surface area contributed by atoms with E-state index in [0.29, 0.717) is 5.56 Å². The summed E-state index contributed by atoms with van der Waals surface area (Å²) in [7, 11) is -2.20. The van der Waals surface area contributed by atoms with Crippen molar-refractivity contribution >= 4 is 27.4 Å². The SMILES string of the molecule is COC(=O)c1nc(-c2ccc(S(C)(=O)=O)cc2)c(F)cc1Cl. The first-order valence-electron chi connectivity index (χ1n) is 5.99. The van der Waals surface area contributed by atoms with Gasteiger partial charge in [0.25, 0.3) is 0 Å². The zero-order valence-electron chi connectivity index (χ0n) is 11.6. The molecule has 0 saturated heterocycles. The van der Waals surface area contributed by atoms with Crippen LogP contribution >= 0.6 is 11.6 Å². The van der Waals surface area contributed by atoms with Crippen molar-refractivity contribution in [1.82, 2.24) is 4.98 Å². The second-order valence-electron chi connectivity index (χ2n) is 4.44. The molecule has 0 N–H and O–H groups in total. The van der Waals surface area contributed by atoms with Crippen LogP contribution in [0.25, 0.3) is 11.3 Å². The van der Waals surface area contributed by atoms with Gasteiger partial charge in [-0.1, -0.05) is 23.7 Å². The van der Waals surface area contributed by atoms with Crippen LogP contribution < -0.4 is 0 Å². The van der Waals surface area contributed by atoms with E-state index in [-0.39, 0.29) is 21.3 Å². The van der Waals surface area contributed by atoms with Crippen LogP contribution in [0.5, 0.6) is 0 Å². The van der Waals surface area contributed by atoms with Crippen molar-refractivity contribution in [2.45, 2.75) is 4.90 Å². The van der Waals surface area contributed by atoms with Crippen LogP contribution in [-0.4, -0.2) is 32.7 Å². The Labute approximate surface area is 131 Å². The molecule has 22 heavy (non-hydrogen) atoms. The molecule has 1 aromatic heterocycles. The Morgan fingerprint density at radius 3 is 2.36 bits per heavy atom. The van der Waals surface area contributed by atoms with Crippen LogP contribution in [0.1, 0.15) is 10.5 Å². The minimum atomic E-state index is -3.35. The van der Waals surface area contributed by atoms with Crippen molar-refractivity contribution in [2.75, 3.05) is 13.4 Å². The highest BCUT2D eigenvalue weighted by Gasteiger charge is 2.18. The van der Waals surface area contributed by atoms with E-state index in [9.17, 15) is 17.6 Å². The Balaban J connectivity index is 2.55. The summed E-state index contributed by atoms with van der Waals surface area (Å²) in [4.78, 5) is 15.5. The van der Waals surface area contributed by atoms with Gasteiger partial charge in [-0.2, -0.15) is 0 Å². The number of halogens is 2. The average Bonchev–Trinajstić information content (AvgIpc) is 2.46. The standard InChI is InChI=1S/C14H11ClFNO4S/c1-21-14(18)13-10(15)7-11(16)12(17-13)8-3-5-9(6-4-8)22(2,19)20/h3-7H,1-2H3. The predicted molar refractivity (Wildman–Crippen MR) is 79.1 cm³/mol. The number of carbonyl (C=O) groups excluding carboxylic acids is 1. The minimum absolute atomic E-state index is 0.0961. The Kier molecular flexibility index (Phi) is 4.48. The fourth-order valence-electron chi connectivity index (χ4n) is 1.77. The third kappa shape index (κ3) is 3.26. The maximum atomic E-state index is 14.0. The van der Waals surface area contributed by atoms with Gasteiger partial charge in [0.15, 0.2) is 21.3 Å². The summed E-state index contributed by atoms with van der Waals surface area (Å²) in [5.74, 6) is -1.52. The summed E-state index contributed by atoms with van der Waals surface area (Å²) in [6, 6.07) is 6.42. The maximum Gasteiger partial charge on any atom is 0.358 e. The molecule has 0 saturated carbocycles. The van der Waals surface area contributed by atoms with Crippen LogP contribution in [0.15, 0.2) is 35.2 Å². The van der Waals surface area contributed by atoms with Crippen LogP contribution in [0.3, 0.4) is 0 Å². The molecule has 0 radical (unpaired) electrons. The molecular weight excluding hydrogens is 333 g/mol. The highest BCUT2D eigenvalue weighted by Crippen LogP contribution is 2.26. The highest BCUT2D eigenvalue weighted by atomic mass is 35.5.